The highest BCUT2D eigenvalue weighted by molar-refractivity contribution is 7.89. The molecule has 0 radical (unpaired) electrons. The second-order valence-electron chi connectivity index (χ2n) is 6.87. The van der Waals surface area contributed by atoms with Crippen LogP contribution in [0.3, 0.4) is 0 Å². The van der Waals surface area contributed by atoms with Gasteiger partial charge in [-0.25, -0.2) is 13.2 Å². The molecular formula is C17H27N3O6S. The van der Waals surface area contributed by atoms with Crippen LogP contribution < -0.4 is 5.32 Å². The summed E-state index contributed by atoms with van der Waals surface area (Å²) in [4.78, 5) is 24.6. The van der Waals surface area contributed by atoms with Crippen LogP contribution in [0, 0.1) is 5.92 Å². The van der Waals surface area contributed by atoms with Gasteiger partial charge in [0.05, 0.1) is 20.3 Å². The Morgan fingerprint density at radius 3 is 2.48 bits per heavy atom. The summed E-state index contributed by atoms with van der Waals surface area (Å²) in [5, 5.41) is 2.64. The lowest BCUT2D eigenvalue weighted by Gasteiger charge is -2.25. The zero-order valence-corrected chi connectivity index (χ0v) is 16.9. The van der Waals surface area contributed by atoms with E-state index < -0.39 is 27.9 Å². The Hall–Kier alpha value is -1.91. The molecule has 1 aromatic rings. The van der Waals surface area contributed by atoms with Crippen LogP contribution in [0.4, 0.5) is 0 Å². The van der Waals surface area contributed by atoms with Gasteiger partial charge in [-0.15, -0.1) is 0 Å². The third-order valence-corrected chi connectivity index (χ3v) is 6.18. The summed E-state index contributed by atoms with van der Waals surface area (Å²) in [7, 11) is -0.857. The molecule has 1 aromatic heterocycles. The fourth-order valence-corrected chi connectivity index (χ4v) is 4.38. The molecular weight excluding hydrogens is 374 g/mol. The van der Waals surface area contributed by atoms with Gasteiger partial charge in [0.2, 0.25) is 10.0 Å². The maximum absolute atomic E-state index is 12.7. The van der Waals surface area contributed by atoms with Gasteiger partial charge in [-0.3, -0.25) is 4.79 Å². The van der Waals surface area contributed by atoms with E-state index in [1.807, 2.05) is 13.8 Å². The van der Waals surface area contributed by atoms with E-state index in [9.17, 15) is 18.0 Å². The third-order valence-electron chi connectivity index (χ3n) is 4.32. The largest absolute Gasteiger partial charge is 0.467 e. The fourth-order valence-electron chi connectivity index (χ4n) is 2.90. The van der Waals surface area contributed by atoms with Crippen LogP contribution in [0.15, 0.2) is 17.2 Å². The SMILES string of the molecule is COC(=O)[C@@H](CC(C)C)NC(=O)c1cc(S(=O)(=O)N2CCOCC2)cn1C. The Morgan fingerprint density at radius 1 is 1.30 bits per heavy atom. The molecule has 0 spiro atoms. The minimum absolute atomic E-state index is 0.0375. The van der Waals surface area contributed by atoms with E-state index in [0.29, 0.717) is 19.6 Å². The van der Waals surface area contributed by atoms with Gasteiger partial charge in [0.25, 0.3) is 5.91 Å². The number of hydrogen-bond donors (Lipinski definition) is 1. The number of nitrogens with one attached hydrogen (secondary N) is 1. The number of amides is 1. The summed E-state index contributed by atoms with van der Waals surface area (Å²) in [5.74, 6) is -0.899. The number of rotatable bonds is 7. The molecule has 152 valence electrons. The molecule has 1 atom stereocenters. The average Bonchev–Trinajstić information content (AvgIpc) is 3.03. The van der Waals surface area contributed by atoms with Crippen molar-refractivity contribution < 1.29 is 27.5 Å². The summed E-state index contributed by atoms with van der Waals surface area (Å²) in [6.07, 6.45) is 1.82. The first-order valence-electron chi connectivity index (χ1n) is 8.79. The first kappa shape index (κ1) is 21.4. The van der Waals surface area contributed by atoms with Gasteiger partial charge in [0, 0.05) is 26.3 Å². The molecule has 10 heteroatoms. The van der Waals surface area contributed by atoms with Crippen molar-refractivity contribution in [2.75, 3.05) is 33.4 Å². The van der Waals surface area contributed by atoms with Gasteiger partial charge < -0.3 is 19.4 Å². The standard InChI is InChI=1S/C17H27N3O6S/c1-12(2)9-14(17(22)25-4)18-16(21)15-10-13(11-19(15)3)27(23,24)20-5-7-26-8-6-20/h10-12,14H,5-9H2,1-4H3,(H,18,21)/t14-/m1/s1. The number of sulfonamides is 1. The molecule has 0 saturated carbocycles. The number of aryl methyl sites for hydroxylation is 1. The van der Waals surface area contributed by atoms with E-state index in [1.54, 1.807) is 7.05 Å². The van der Waals surface area contributed by atoms with E-state index in [0.717, 1.165) is 0 Å². The maximum atomic E-state index is 12.7. The Morgan fingerprint density at radius 2 is 1.93 bits per heavy atom. The van der Waals surface area contributed by atoms with Crippen molar-refractivity contribution in [3.63, 3.8) is 0 Å². The number of morpholine rings is 1. The smallest absolute Gasteiger partial charge is 0.328 e. The van der Waals surface area contributed by atoms with Crippen molar-refractivity contribution in [3.05, 3.63) is 18.0 Å². The first-order chi connectivity index (χ1) is 12.7. The molecule has 0 bridgehead atoms. The number of hydrogen-bond acceptors (Lipinski definition) is 6. The Labute approximate surface area is 159 Å². The Balaban J connectivity index is 2.21. The summed E-state index contributed by atoms with van der Waals surface area (Å²) in [6, 6.07) is 0.529. The summed E-state index contributed by atoms with van der Waals surface area (Å²) in [6.45, 7) is 5.09. The van der Waals surface area contributed by atoms with Crippen LogP contribution in [-0.4, -0.2) is 68.6 Å². The molecule has 0 aromatic carbocycles. The van der Waals surface area contributed by atoms with E-state index in [2.05, 4.69) is 5.32 Å². The van der Waals surface area contributed by atoms with Crippen molar-refractivity contribution in [2.45, 2.75) is 31.2 Å². The molecule has 9 nitrogen and oxygen atoms in total. The van der Waals surface area contributed by atoms with E-state index in [1.165, 1.54) is 28.2 Å². The van der Waals surface area contributed by atoms with Crippen molar-refractivity contribution in [3.8, 4) is 0 Å². The monoisotopic (exact) mass is 401 g/mol. The average molecular weight is 401 g/mol. The molecule has 1 saturated heterocycles. The van der Waals surface area contributed by atoms with Crippen LogP contribution >= 0.6 is 0 Å². The number of nitrogens with zero attached hydrogens (tertiary/aromatic N) is 2. The van der Waals surface area contributed by atoms with Gasteiger partial charge >= 0.3 is 5.97 Å². The minimum atomic E-state index is -3.70. The molecule has 2 heterocycles. The molecule has 1 aliphatic rings. The van der Waals surface area contributed by atoms with Crippen molar-refractivity contribution in [1.29, 1.82) is 0 Å². The highest BCUT2D eigenvalue weighted by Gasteiger charge is 2.30. The minimum Gasteiger partial charge on any atom is -0.467 e. The third kappa shape index (κ3) is 5.08. The van der Waals surface area contributed by atoms with Crippen LogP contribution in [0.2, 0.25) is 0 Å². The van der Waals surface area contributed by atoms with Crippen molar-refractivity contribution in [2.24, 2.45) is 13.0 Å². The number of ether oxygens (including phenoxy) is 2. The maximum Gasteiger partial charge on any atom is 0.328 e. The van der Waals surface area contributed by atoms with Crippen LogP contribution in [0.5, 0.6) is 0 Å². The summed E-state index contributed by atoms with van der Waals surface area (Å²) in [5.41, 5.74) is 0.152. The molecule has 2 rings (SSSR count). The number of carbonyl (C=O) groups excluding carboxylic acids is 2. The number of carbonyl (C=O) groups is 2. The predicted octanol–water partition coefficient (Wildman–Crippen LogP) is 0.364. The molecule has 1 amide bonds. The van der Waals surface area contributed by atoms with Gasteiger partial charge in [-0.1, -0.05) is 13.8 Å². The highest BCUT2D eigenvalue weighted by atomic mass is 32.2. The van der Waals surface area contributed by atoms with Gasteiger partial charge in [0.1, 0.15) is 16.6 Å². The molecule has 0 aliphatic carbocycles. The normalized spacial score (nSPS) is 16.9. The second kappa shape index (κ2) is 8.85. The fraction of sp³-hybridized carbons (Fsp3) is 0.647. The molecule has 1 N–H and O–H groups in total. The van der Waals surface area contributed by atoms with E-state index in [-0.39, 0.29) is 29.6 Å². The van der Waals surface area contributed by atoms with Crippen LogP contribution in [0.1, 0.15) is 30.8 Å². The highest BCUT2D eigenvalue weighted by Crippen LogP contribution is 2.20. The van der Waals surface area contributed by atoms with Crippen molar-refractivity contribution in [1.82, 2.24) is 14.2 Å². The van der Waals surface area contributed by atoms with Gasteiger partial charge in [0.15, 0.2) is 0 Å². The lowest BCUT2D eigenvalue weighted by molar-refractivity contribution is -0.143. The van der Waals surface area contributed by atoms with Crippen LogP contribution in [-0.2, 0) is 31.3 Å². The quantitative estimate of drug-likeness (QED) is 0.662. The Kier molecular flexibility index (Phi) is 7.01. The zero-order valence-electron chi connectivity index (χ0n) is 16.1. The molecule has 0 unspecified atom stereocenters. The summed E-state index contributed by atoms with van der Waals surface area (Å²) >= 11 is 0. The first-order valence-corrected chi connectivity index (χ1v) is 10.2. The van der Waals surface area contributed by atoms with E-state index >= 15 is 0 Å². The van der Waals surface area contributed by atoms with E-state index in [4.69, 9.17) is 9.47 Å². The van der Waals surface area contributed by atoms with Gasteiger partial charge in [-0.05, 0) is 18.4 Å². The second-order valence-corrected chi connectivity index (χ2v) is 8.81. The predicted molar refractivity (Wildman–Crippen MR) is 97.7 cm³/mol. The molecule has 1 fully saturated rings. The summed E-state index contributed by atoms with van der Waals surface area (Å²) < 4.78 is 38.2. The lowest BCUT2D eigenvalue weighted by Crippen LogP contribution is -2.42. The zero-order chi connectivity index (χ0) is 20.2. The number of aromatic nitrogens is 1. The molecule has 1 aliphatic heterocycles. The Bertz CT molecular complexity index is 781. The molecule has 27 heavy (non-hydrogen) atoms. The number of esters is 1. The van der Waals surface area contributed by atoms with Gasteiger partial charge in [-0.2, -0.15) is 4.31 Å². The van der Waals surface area contributed by atoms with Crippen LogP contribution in [0.25, 0.3) is 0 Å². The topological polar surface area (TPSA) is 107 Å². The number of methoxy groups -OCH3 is 1. The lowest BCUT2D eigenvalue weighted by atomic mass is 10.0. The van der Waals surface area contributed by atoms with Crippen molar-refractivity contribution >= 4 is 21.9 Å².